The number of rotatable bonds is 3. The predicted octanol–water partition coefficient (Wildman–Crippen LogP) is 3.27. The van der Waals surface area contributed by atoms with Crippen molar-refractivity contribution in [3.05, 3.63) is 70.8 Å². The summed E-state index contributed by atoms with van der Waals surface area (Å²) in [5.74, 6) is -0.215. The van der Waals surface area contributed by atoms with Crippen LogP contribution in [0.15, 0.2) is 48.5 Å². The molecule has 3 rings (SSSR count). The number of hydrogen-bond acceptors (Lipinski definition) is 2. The summed E-state index contributed by atoms with van der Waals surface area (Å²) in [6, 6.07) is 15.1. The van der Waals surface area contributed by atoms with Crippen molar-refractivity contribution < 1.29 is 9.59 Å². The largest absolute Gasteiger partial charge is 0.325 e. The van der Waals surface area contributed by atoms with Crippen molar-refractivity contribution >= 4 is 11.9 Å². The number of hydrogen-bond donors (Lipinski definition) is 1. The predicted molar refractivity (Wildman–Crippen MR) is 88.8 cm³/mol. The highest BCUT2D eigenvalue weighted by Gasteiger charge is 2.48. The third kappa shape index (κ3) is 2.72. The number of nitrogens with zero attached hydrogens (tertiary/aromatic N) is 1. The fraction of sp³-hybridized carbons (Fsp3) is 0.263. The van der Waals surface area contributed by atoms with Gasteiger partial charge in [0.05, 0.1) is 6.54 Å². The summed E-state index contributed by atoms with van der Waals surface area (Å²) in [5, 5.41) is 2.83. The molecule has 1 N–H and O–H groups in total. The molecule has 2 aromatic rings. The number of carbonyl (C=O) groups excluding carboxylic acids is 2. The van der Waals surface area contributed by atoms with Gasteiger partial charge in [-0.25, -0.2) is 4.79 Å². The Morgan fingerprint density at radius 2 is 1.61 bits per heavy atom. The van der Waals surface area contributed by atoms with E-state index >= 15 is 0 Å². The zero-order valence-corrected chi connectivity index (χ0v) is 13.6. The zero-order valence-electron chi connectivity index (χ0n) is 13.6. The highest BCUT2D eigenvalue weighted by molar-refractivity contribution is 6.07. The van der Waals surface area contributed by atoms with Crippen LogP contribution < -0.4 is 5.32 Å². The van der Waals surface area contributed by atoms with Crippen LogP contribution in [0.25, 0.3) is 0 Å². The summed E-state index contributed by atoms with van der Waals surface area (Å²) in [4.78, 5) is 26.5. The molecule has 1 atom stereocenters. The minimum Gasteiger partial charge on any atom is -0.319 e. The minimum absolute atomic E-state index is 0.215. The van der Waals surface area contributed by atoms with Gasteiger partial charge in [0, 0.05) is 0 Å². The van der Waals surface area contributed by atoms with E-state index < -0.39 is 5.54 Å². The van der Waals surface area contributed by atoms with Crippen molar-refractivity contribution in [3.63, 3.8) is 0 Å². The molecule has 2 aromatic carbocycles. The highest BCUT2D eigenvalue weighted by Crippen LogP contribution is 2.29. The SMILES string of the molecule is Cc1cc(C)cc(CN2C(=O)N[C@@](C)(c3ccccc3)C2=O)c1. The minimum atomic E-state index is -1.00. The zero-order chi connectivity index (χ0) is 16.6. The summed E-state index contributed by atoms with van der Waals surface area (Å²) >= 11 is 0. The summed E-state index contributed by atoms with van der Waals surface area (Å²) in [6.45, 7) is 6.06. The molecule has 0 unspecified atom stereocenters. The molecule has 1 saturated heterocycles. The standard InChI is InChI=1S/C19H20N2O2/c1-13-9-14(2)11-15(10-13)12-21-17(22)19(3,20-18(21)23)16-7-5-4-6-8-16/h4-11H,12H2,1-3H3,(H,20,23)/t19-/m0/s1. The normalized spacial score (nSPS) is 20.7. The fourth-order valence-electron chi connectivity index (χ4n) is 3.15. The van der Waals surface area contributed by atoms with Gasteiger partial charge in [0.2, 0.25) is 0 Å². The van der Waals surface area contributed by atoms with Crippen LogP contribution in [-0.2, 0) is 16.9 Å². The average Bonchev–Trinajstić information content (AvgIpc) is 2.72. The van der Waals surface area contributed by atoms with Gasteiger partial charge in [-0.3, -0.25) is 9.69 Å². The maximum atomic E-state index is 12.9. The van der Waals surface area contributed by atoms with Crippen molar-refractivity contribution in [2.24, 2.45) is 0 Å². The summed E-state index contributed by atoms with van der Waals surface area (Å²) in [7, 11) is 0. The van der Waals surface area contributed by atoms with Crippen molar-refractivity contribution in [1.82, 2.24) is 10.2 Å². The van der Waals surface area contributed by atoms with Crippen molar-refractivity contribution in [2.45, 2.75) is 32.9 Å². The molecule has 118 valence electrons. The third-order valence-electron chi connectivity index (χ3n) is 4.25. The summed E-state index contributed by atoms with van der Waals surface area (Å²) < 4.78 is 0. The molecule has 1 aliphatic rings. The lowest BCUT2D eigenvalue weighted by molar-refractivity contribution is -0.131. The van der Waals surface area contributed by atoms with E-state index in [1.165, 1.54) is 4.90 Å². The number of urea groups is 1. The van der Waals surface area contributed by atoms with Gasteiger partial charge >= 0.3 is 6.03 Å². The Kier molecular flexibility index (Phi) is 3.68. The summed E-state index contributed by atoms with van der Waals surface area (Å²) in [6.07, 6.45) is 0. The second kappa shape index (κ2) is 5.54. The lowest BCUT2D eigenvalue weighted by Crippen LogP contribution is -2.40. The van der Waals surface area contributed by atoms with Gasteiger partial charge in [0.1, 0.15) is 5.54 Å². The number of imide groups is 1. The first-order valence-electron chi connectivity index (χ1n) is 7.67. The van der Waals surface area contributed by atoms with Crippen LogP contribution in [-0.4, -0.2) is 16.8 Å². The molecule has 0 aromatic heterocycles. The van der Waals surface area contributed by atoms with E-state index in [9.17, 15) is 9.59 Å². The Bertz CT molecular complexity index is 750. The fourth-order valence-corrected chi connectivity index (χ4v) is 3.15. The van der Waals surface area contributed by atoms with Crippen molar-refractivity contribution in [2.75, 3.05) is 0 Å². The van der Waals surface area contributed by atoms with E-state index in [0.717, 1.165) is 22.3 Å². The topological polar surface area (TPSA) is 49.4 Å². The molecule has 0 aliphatic carbocycles. The van der Waals surface area contributed by atoms with Crippen LogP contribution in [0.1, 0.15) is 29.2 Å². The molecular formula is C19H20N2O2. The van der Waals surface area contributed by atoms with E-state index in [1.54, 1.807) is 6.92 Å². The third-order valence-corrected chi connectivity index (χ3v) is 4.25. The molecule has 0 radical (unpaired) electrons. The Labute approximate surface area is 136 Å². The monoisotopic (exact) mass is 308 g/mol. The smallest absolute Gasteiger partial charge is 0.319 e. The molecule has 0 bridgehead atoms. The maximum absolute atomic E-state index is 12.9. The molecule has 1 heterocycles. The number of amides is 3. The Morgan fingerprint density at radius 3 is 2.22 bits per heavy atom. The average molecular weight is 308 g/mol. The Morgan fingerprint density at radius 1 is 1.00 bits per heavy atom. The quantitative estimate of drug-likeness (QED) is 0.885. The first kappa shape index (κ1) is 15.3. The van der Waals surface area contributed by atoms with Gasteiger partial charge in [0.25, 0.3) is 5.91 Å². The van der Waals surface area contributed by atoms with Gasteiger partial charge in [-0.2, -0.15) is 0 Å². The van der Waals surface area contributed by atoms with E-state index in [2.05, 4.69) is 11.4 Å². The van der Waals surface area contributed by atoms with E-state index in [-0.39, 0.29) is 18.5 Å². The molecular weight excluding hydrogens is 288 g/mol. The lowest BCUT2D eigenvalue weighted by Gasteiger charge is -2.22. The van der Waals surface area contributed by atoms with E-state index in [1.807, 2.05) is 56.3 Å². The number of aryl methyl sites for hydroxylation is 2. The maximum Gasteiger partial charge on any atom is 0.325 e. The Hall–Kier alpha value is -2.62. The number of nitrogens with one attached hydrogen (secondary N) is 1. The Balaban J connectivity index is 1.90. The molecule has 1 aliphatic heterocycles. The van der Waals surface area contributed by atoms with Crippen LogP contribution >= 0.6 is 0 Å². The van der Waals surface area contributed by atoms with Crippen LogP contribution in [0.3, 0.4) is 0 Å². The molecule has 23 heavy (non-hydrogen) atoms. The molecule has 4 heteroatoms. The van der Waals surface area contributed by atoms with E-state index in [0.29, 0.717) is 0 Å². The van der Waals surface area contributed by atoms with Crippen molar-refractivity contribution in [3.8, 4) is 0 Å². The first-order valence-corrected chi connectivity index (χ1v) is 7.67. The highest BCUT2D eigenvalue weighted by atomic mass is 16.2. The molecule has 1 fully saturated rings. The van der Waals surface area contributed by atoms with Crippen LogP contribution in [0.5, 0.6) is 0 Å². The van der Waals surface area contributed by atoms with E-state index in [4.69, 9.17) is 0 Å². The summed E-state index contributed by atoms with van der Waals surface area (Å²) in [5.41, 5.74) is 3.00. The van der Waals surface area contributed by atoms with Gasteiger partial charge in [0.15, 0.2) is 0 Å². The van der Waals surface area contributed by atoms with Gasteiger partial charge in [-0.15, -0.1) is 0 Å². The molecule has 0 saturated carbocycles. The van der Waals surface area contributed by atoms with Gasteiger partial charge in [-0.05, 0) is 31.9 Å². The first-order chi connectivity index (χ1) is 10.9. The second-order valence-corrected chi connectivity index (χ2v) is 6.31. The molecule has 4 nitrogen and oxygen atoms in total. The number of benzene rings is 2. The van der Waals surface area contributed by atoms with Crippen LogP contribution in [0.4, 0.5) is 4.79 Å². The van der Waals surface area contributed by atoms with Crippen molar-refractivity contribution in [1.29, 1.82) is 0 Å². The molecule has 3 amide bonds. The van der Waals surface area contributed by atoms with Crippen LogP contribution in [0.2, 0.25) is 0 Å². The number of carbonyl (C=O) groups is 2. The van der Waals surface area contributed by atoms with Crippen LogP contribution in [0, 0.1) is 13.8 Å². The molecule has 0 spiro atoms. The van der Waals surface area contributed by atoms with Gasteiger partial charge in [-0.1, -0.05) is 59.7 Å². The lowest BCUT2D eigenvalue weighted by atomic mass is 9.92. The van der Waals surface area contributed by atoms with Gasteiger partial charge < -0.3 is 5.32 Å². The second-order valence-electron chi connectivity index (χ2n) is 6.31.